The van der Waals surface area contributed by atoms with E-state index in [1.165, 1.54) is 32.1 Å². The van der Waals surface area contributed by atoms with Crippen LogP contribution < -0.4 is 5.32 Å². The van der Waals surface area contributed by atoms with Crippen molar-refractivity contribution in [3.8, 4) is 0 Å². The largest absolute Gasteiger partial charge is 0.481 e. The minimum Gasteiger partial charge on any atom is -0.481 e. The van der Waals surface area contributed by atoms with Gasteiger partial charge in [0, 0.05) is 20.6 Å². The van der Waals surface area contributed by atoms with Crippen LogP contribution in [0.25, 0.3) is 0 Å². The summed E-state index contributed by atoms with van der Waals surface area (Å²) in [4.78, 5) is 10.1. The van der Waals surface area contributed by atoms with Gasteiger partial charge < -0.3 is 14.6 Å². The lowest BCUT2D eigenvalue weighted by Crippen LogP contribution is -2.36. The minimum absolute atomic E-state index is 0.0555. The Labute approximate surface area is 130 Å². The maximum Gasteiger partial charge on any atom is 0.303 e. The van der Waals surface area contributed by atoms with Gasteiger partial charge in [-0.15, -0.1) is 0 Å². The van der Waals surface area contributed by atoms with Crippen LogP contribution in [0.2, 0.25) is 0 Å². The van der Waals surface area contributed by atoms with Gasteiger partial charge in [0.2, 0.25) is 0 Å². The first kappa shape index (κ1) is 22.6. The van der Waals surface area contributed by atoms with Gasteiger partial charge in [-0.1, -0.05) is 45.4 Å². The standard InChI is InChI=1S/C10H20O2.C6H15NO2/c1-2-3-4-5-6-7-8-9-10(11)12;1-5(8-3)7-6(2)9-4/h2-9H2,1H3,(H,11,12);5-7H,1-4H3. The number of ether oxygens (including phenoxy) is 2. The molecule has 0 aliphatic heterocycles. The van der Waals surface area contributed by atoms with E-state index >= 15 is 0 Å². The molecule has 0 aliphatic carbocycles. The monoisotopic (exact) mass is 305 g/mol. The Morgan fingerprint density at radius 1 is 0.952 bits per heavy atom. The van der Waals surface area contributed by atoms with Gasteiger partial charge in [-0.05, 0) is 20.3 Å². The maximum absolute atomic E-state index is 10.1. The van der Waals surface area contributed by atoms with E-state index in [0.717, 1.165) is 12.8 Å². The van der Waals surface area contributed by atoms with E-state index in [9.17, 15) is 4.79 Å². The molecule has 0 rings (SSSR count). The predicted molar refractivity (Wildman–Crippen MR) is 86.3 cm³/mol. The number of methoxy groups -OCH3 is 2. The summed E-state index contributed by atoms with van der Waals surface area (Å²) >= 11 is 0. The van der Waals surface area contributed by atoms with Gasteiger partial charge in [0.05, 0.1) is 0 Å². The zero-order valence-electron chi connectivity index (χ0n) is 14.5. The molecular formula is C16H35NO4. The van der Waals surface area contributed by atoms with Crippen molar-refractivity contribution in [2.45, 2.75) is 84.6 Å². The molecule has 5 heteroatoms. The molecule has 0 heterocycles. The molecule has 0 saturated heterocycles. The molecule has 0 saturated carbocycles. The summed E-state index contributed by atoms with van der Waals surface area (Å²) in [6, 6.07) is 0. The predicted octanol–water partition coefficient (Wildman–Crippen LogP) is 3.77. The maximum atomic E-state index is 10.1. The number of unbranched alkanes of at least 4 members (excludes halogenated alkanes) is 6. The van der Waals surface area contributed by atoms with Crippen molar-refractivity contribution in [1.29, 1.82) is 0 Å². The molecule has 21 heavy (non-hydrogen) atoms. The third kappa shape index (κ3) is 21.8. The molecule has 128 valence electrons. The lowest BCUT2D eigenvalue weighted by molar-refractivity contribution is -0.137. The van der Waals surface area contributed by atoms with Crippen molar-refractivity contribution in [2.75, 3.05) is 14.2 Å². The minimum atomic E-state index is -0.663. The number of hydrogen-bond acceptors (Lipinski definition) is 4. The van der Waals surface area contributed by atoms with E-state index in [-0.39, 0.29) is 12.5 Å². The zero-order chi connectivity index (χ0) is 16.5. The molecule has 0 radical (unpaired) electrons. The number of aliphatic carboxylic acids is 1. The smallest absolute Gasteiger partial charge is 0.303 e. The zero-order valence-corrected chi connectivity index (χ0v) is 14.5. The van der Waals surface area contributed by atoms with E-state index in [1.54, 1.807) is 14.2 Å². The lowest BCUT2D eigenvalue weighted by atomic mass is 10.1. The summed E-state index contributed by atoms with van der Waals surface area (Å²) in [6.07, 6.45) is 8.75. The number of nitrogens with one attached hydrogen (secondary N) is 1. The van der Waals surface area contributed by atoms with Crippen LogP contribution in [0.15, 0.2) is 0 Å². The summed E-state index contributed by atoms with van der Waals surface area (Å²) in [5.41, 5.74) is 0. The first-order valence-electron chi connectivity index (χ1n) is 8.01. The molecule has 0 bridgehead atoms. The Balaban J connectivity index is 0. The fraction of sp³-hybridized carbons (Fsp3) is 0.938. The average Bonchev–Trinajstić information content (AvgIpc) is 2.46. The molecule has 0 aromatic carbocycles. The molecule has 0 amide bonds. The van der Waals surface area contributed by atoms with E-state index in [1.807, 2.05) is 13.8 Å². The highest BCUT2D eigenvalue weighted by Crippen LogP contribution is 2.07. The number of rotatable bonds is 12. The highest BCUT2D eigenvalue weighted by molar-refractivity contribution is 5.66. The lowest BCUT2D eigenvalue weighted by Gasteiger charge is -2.16. The molecule has 0 fully saturated rings. The van der Waals surface area contributed by atoms with E-state index < -0.39 is 5.97 Å². The first-order valence-corrected chi connectivity index (χ1v) is 8.01. The molecule has 0 spiro atoms. The topological polar surface area (TPSA) is 67.8 Å². The molecule has 2 N–H and O–H groups in total. The summed E-state index contributed by atoms with van der Waals surface area (Å²) in [5, 5.41) is 11.4. The molecule has 0 aromatic heterocycles. The molecular weight excluding hydrogens is 270 g/mol. The second-order valence-corrected chi connectivity index (χ2v) is 5.19. The fourth-order valence-electron chi connectivity index (χ4n) is 1.70. The van der Waals surface area contributed by atoms with Crippen LogP contribution in [0.5, 0.6) is 0 Å². The third-order valence-electron chi connectivity index (χ3n) is 3.17. The number of carboxylic acids is 1. The van der Waals surface area contributed by atoms with Gasteiger partial charge in [-0.2, -0.15) is 0 Å². The van der Waals surface area contributed by atoms with Gasteiger partial charge in [0.25, 0.3) is 0 Å². The number of hydrogen-bond donors (Lipinski definition) is 2. The average molecular weight is 305 g/mol. The van der Waals surface area contributed by atoms with Crippen molar-refractivity contribution in [3.63, 3.8) is 0 Å². The third-order valence-corrected chi connectivity index (χ3v) is 3.17. The summed E-state index contributed by atoms with van der Waals surface area (Å²) in [7, 11) is 3.31. The first-order chi connectivity index (χ1) is 9.97. The van der Waals surface area contributed by atoms with Gasteiger partial charge >= 0.3 is 5.97 Å². The van der Waals surface area contributed by atoms with Crippen LogP contribution in [-0.2, 0) is 14.3 Å². The van der Waals surface area contributed by atoms with Crippen molar-refractivity contribution in [2.24, 2.45) is 0 Å². The van der Waals surface area contributed by atoms with Crippen molar-refractivity contribution >= 4 is 5.97 Å². The van der Waals surface area contributed by atoms with Crippen LogP contribution in [0.3, 0.4) is 0 Å². The molecule has 0 aliphatic rings. The Hall–Kier alpha value is -0.650. The van der Waals surface area contributed by atoms with E-state index in [4.69, 9.17) is 14.6 Å². The Morgan fingerprint density at radius 2 is 1.38 bits per heavy atom. The highest BCUT2D eigenvalue weighted by atomic mass is 16.5. The summed E-state index contributed by atoms with van der Waals surface area (Å²) in [6.45, 7) is 6.05. The van der Waals surface area contributed by atoms with Gasteiger partial charge in [0.15, 0.2) is 0 Å². The van der Waals surface area contributed by atoms with Gasteiger partial charge in [-0.3, -0.25) is 10.1 Å². The van der Waals surface area contributed by atoms with Crippen molar-refractivity contribution < 1.29 is 19.4 Å². The molecule has 0 aromatic rings. The molecule has 5 nitrogen and oxygen atoms in total. The Bertz CT molecular complexity index is 216. The highest BCUT2D eigenvalue weighted by Gasteiger charge is 2.02. The molecule has 2 atom stereocenters. The van der Waals surface area contributed by atoms with Crippen LogP contribution in [0, 0.1) is 0 Å². The van der Waals surface area contributed by atoms with Crippen molar-refractivity contribution in [1.82, 2.24) is 5.32 Å². The number of carbonyl (C=O) groups is 1. The Morgan fingerprint density at radius 3 is 1.76 bits per heavy atom. The SMILES string of the molecule is CCCCCCCCCC(=O)O.COC(C)NC(C)OC. The van der Waals surface area contributed by atoms with Crippen molar-refractivity contribution in [3.05, 3.63) is 0 Å². The van der Waals surface area contributed by atoms with E-state index in [2.05, 4.69) is 12.2 Å². The number of carboxylic acid groups (broad SMARTS) is 1. The molecule has 2 unspecified atom stereocenters. The fourth-order valence-corrected chi connectivity index (χ4v) is 1.70. The second-order valence-electron chi connectivity index (χ2n) is 5.19. The summed E-state index contributed by atoms with van der Waals surface area (Å²) < 4.78 is 9.86. The van der Waals surface area contributed by atoms with Gasteiger partial charge in [-0.25, -0.2) is 0 Å². The quantitative estimate of drug-likeness (QED) is 0.424. The van der Waals surface area contributed by atoms with Crippen LogP contribution >= 0.6 is 0 Å². The summed E-state index contributed by atoms with van der Waals surface area (Å²) in [5.74, 6) is -0.663. The van der Waals surface area contributed by atoms with Gasteiger partial charge in [0.1, 0.15) is 12.5 Å². The van der Waals surface area contributed by atoms with Crippen LogP contribution in [-0.4, -0.2) is 37.8 Å². The Kier molecular flexibility index (Phi) is 18.8. The second kappa shape index (κ2) is 17.4. The van der Waals surface area contributed by atoms with E-state index in [0.29, 0.717) is 6.42 Å². The van der Waals surface area contributed by atoms with Crippen LogP contribution in [0.4, 0.5) is 0 Å². The van der Waals surface area contributed by atoms with Crippen LogP contribution in [0.1, 0.15) is 72.1 Å². The normalized spacial score (nSPS) is 13.2.